The van der Waals surface area contributed by atoms with Crippen molar-refractivity contribution in [1.29, 1.82) is 0 Å². The lowest BCUT2D eigenvalue weighted by Gasteiger charge is -2.15. The molecule has 0 fully saturated rings. The lowest BCUT2D eigenvalue weighted by atomic mass is 10.1. The zero-order valence-corrected chi connectivity index (χ0v) is 10.6. The van der Waals surface area contributed by atoms with Crippen LogP contribution in [0.4, 0.5) is 0 Å². The fourth-order valence-electron chi connectivity index (χ4n) is 1.16. The largest absolute Gasteiger partial charge is 0.341 e. The first-order chi connectivity index (χ1) is 6.63. The number of carbonyl (C=O) groups is 1. The maximum absolute atomic E-state index is 11.3. The summed E-state index contributed by atoms with van der Waals surface area (Å²) in [5.41, 5.74) is 2.42. The number of halogens is 1. The van der Waals surface area contributed by atoms with Gasteiger partial charge in [0.1, 0.15) is 0 Å². The number of benzene rings is 1. The minimum Gasteiger partial charge on any atom is -0.341 e. The summed E-state index contributed by atoms with van der Waals surface area (Å²) in [6.45, 7) is 2.76. The Morgan fingerprint density at radius 2 is 1.93 bits per heavy atom. The third-order valence-corrected chi connectivity index (χ3v) is 2.73. The zero-order valence-electron chi connectivity index (χ0n) is 8.46. The molecule has 0 spiro atoms. The Morgan fingerprint density at radius 3 is 2.43 bits per heavy atom. The highest BCUT2D eigenvalue weighted by Crippen LogP contribution is 2.06. The summed E-state index contributed by atoms with van der Waals surface area (Å²) in [5, 5.41) is 0. The van der Waals surface area contributed by atoms with Crippen molar-refractivity contribution in [3.63, 3.8) is 0 Å². The monoisotopic (exact) mass is 303 g/mol. The molecular formula is C11H14INO. The van der Waals surface area contributed by atoms with Crippen LogP contribution in [0, 0.1) is 6.92 Å². The van der Waals surface area contributed by atoms with Gasteiger partial charge in [0.15, 0.2) is 0 Å². The minimum atomic E-state index is 0.172. The van der Waals surface area contributed by atoms with Crippen molar-refractivity contribution in [1.82, 2.24) is 4.90 Å². The number of hydrogen-bond acceptors (Lipinski definition) is 1. The second-order valence-corrected chi connectivity index (χ2v) is 4.13. The summed E-state index contributed by atoms with van der Waals surface area (Å²) in [6.07, 6.45) is 0. The number of hydrogen-bond donors (Lipinski definition) is 0. The van der Waals surface area contributed by atoms with Gasteiger partial charge in [-0.25, -0.2) is 0 Å². The van der Waals surface area contributed by atoms with Gasteiger partial charge >= 0.3 is 0 Å². The third-order valence-electron chi connectivity index (χ3n) is 2.08. The molecule has 0 aliphatic carbocycles. The molecule has 1 aromatic carbocycles. The van der Waals surface area contributed by atoms with Crippen LogP contribution in [-0.4, -0.2) is 22.3 Å². The van der Waals surface area contributed by atoms with Crippen LogP contribution < -0.4 is 0 Å². The van der Waals surface area contributed by atoms with Crippen LogP contribution in [0.3, 0.4) is 0 Å². The van der Waals surface area contributed by atoms with E-state index in [0.29, 0.717) is 11.0 Å². The van der Waals surface area contributed by atoms with Crippen molar-refractivity contribution in [3.8, 4) is 0 Å². The van der Waals surface area contributed by atoms with Crippen LogP contribution in [0.1, 0.15) is 11.1 Å². The fourth-order valence-corrected chi connectivity index (χ4v) is 1.74. The first-order valence-corrected chi connectivity index (χ1v) is 6.01. The molecule has 0 saturated heterocycles. The van der Waals surface area contributed by atoms with E-state index in [9.17, 15) is 4.79 Å². The zero-order chi connectivity index (χ0) is 10.6. The van der Waals surface area contributed by atoms with Crippen LogP contribution in [-0.2, 0) is 11.3 Å². The topological polar surface area (TPSA) is 20.3 Å². The van der Waals surface area contributed by atoms with Crippen LogP contribution in [0.25, 0.3) is 0 Å². The molecule has 0 heterocycles. The number of amides is 1. The Labute approximate surface area is 98.4 Å². The highest BCUT2D eigenvalue weighted by Gasteiger charge is 2.06. The van der Waals surface area contributed by atoms with Crippen molar-refractivity contribution >= 4 is 28.5 Å². The van der Waals surface area contributed by atoms with E-state index in [0.717, 1.165) is 0 Å². The molecule has 0 aliphatic rings. The van der Waals surface area contributed by atoms with Gasteiger partial charge in [0.25, 0.3) is 0 Å². The number of nitrogens with zero attached hydrogens (tertiary/aromatic N) is 1. The van der Waals surface area contributed by atoms with Crippen molar-refractivity contribution in [2.45, 2.75) is 13.5 Å². The van der Waals surface area contributed by atoms with Crippen LogP contribution >= 0.6 is 22.6 Å². The quantitative estimate of drug-likeness (QED) is 0.620. The Balaban J connectivity index is 2.60. The van der Waals surface area contributed by atoms with Gasteiger partial charge in [-0.2, -0.15) is 0 Å². The molecule has 1 amide bonds. The Kier molecular flexibility index (Phi) is 4.38. The predicted octanol–water partition coefficient (Wildman–Crippen LogP) is 2.39. The fraction of sp³-hybridized carbons (Fsp3) is 0.364. The van der Waals surface area contributed by atoms with Crippen LogP contribution in [0.5, 0.6) is 0 Å². The molecule has 0 aromatic heterocycles. The molecule has 76 valence electrons. The van der Waals surface area contributed by atoms with Crippen LogP contribution in [0.15, 0.2) is 24.3 Å². The van der Waals surface area contributed by atoms with E-state index in [1.165, 1.54) is 11.1 Å². The SMILES string of the molecule is Cc1ccc(CN(C)C(=O)CI)cc1. The maximum Gasteiger partial charge on any atom is 0.232 e. The van der Waals surface area contributed by atoms with Gasteiger partial charge in [-0.05, 0) is 12.5 Å². The van der Waals surface area contributed by atoms with Crippen molar-refractivity contribution in [2.75, 3.05) is 11.5 Å². The standard InChI is InChI=1S/C11H14INO/c1-9-3-5-10(6-4-9)8-13(2)11(14)7-12/h3-6H,7-8H2,1-2H3. The molecule has 0 aliphatic heterocycles. The summed E-state index contributed by atoms with van der Waals surface area (Å²) in [4.78, 5) is 13.0. The Hall–Kier alpha value is -0.580. The summed E-state index contributed by atoms with van der Waals surface area (Å²) in [7, 11) is 1.83. The van der Waals surface area contributed by atoms with E-state index in [4.69, 9.17) is 0 Å². The lowest BCUT2D eigenvalue weighted by molar-refractivity contribution is -0.127. The van der Waals surface area contributed by atoms with Gasteiger partial charge in [0.2, 0.25) is 5.91 Å². The molecule has 0 radical (unpaired) electrons. The van der Waals surface area contributed by atoms with Crippen LogP contribution in [0.2, 0.25) is 0 Å². The number of carbonyl (C=O) groups excluding carboxylic acids is 1. The maximum atomic E-state index is 11.3. The second kappa shape index (κ2) is 5.34. The predicted molar refractivity (Wildman–Crippen MR) is 66.5 cm³/mol. The van der Waals surface area contributed by atoms with Gasteiger partial charge in [-0.15, -0.1) is 0 Å². The van der Waals surface area contributed by atoms with Crippen molar-refractivity contribution in [3.05, 3.63) is 35.4 Å². The van der Waals surface area contributed by atoms with Crippen molar-refractivity contribution < 1.29 is 4.79 Å². The van der Waals surface area contributed by atoms with Gasteiger partial charge < -0.3 is 4.90 Å². The number of aryl methyl sites for hydroxylation is 1. The summed E-state index contributed by atoms with van der Waals surface area (Å²) in [6, 6.07) is 8.26. The van der Waals surface area contributed by atoms with Gasteiger partial charge in [-0.1, -0.05) is 52.4 Å². The highest BCUT2D eigenvalue weighted by atomic mass is 127. The van der Waals surface area contributed by atoms with E-state index in [1.807, 2.05) is 7.05 Å². The van der Waals surface area contributed by atoms with Crippen molar-refractivity contribution in [2.24, 2.45) is 0 Å². The molecule has 1 rings (SSSR count). The molecule has 0 N–H and O–H groups in total. The summed E-state index contributed by atoms with van der Waals surface area (Å²) < 4.78 is 0.542. The first kappa shape index (κ1) is 11.5. The molecule has 0 unspecified atom stereocenters. The molecule has 3 heteroatoms. The summed E-state index contributed by atoms with van der Waals surface area (Å²) >= 11 is 2.09. The molecule has 0 atom stereocenters. The van der Waals surface area contributed by atoms with E-state index in [-0.39, 0.29) is 5.91 Å². The minimum absolute atomic E-state index is 0.172. The highest BCUT2D eigenvalue weighted by molar-refractivity contribution is 14.1. The van der Waals surface area contributed by atoms with Gasteiger partial charge in [0, 0.05) is 13.6 Å². The smallest absolute Gasteiger partial charge is 0.232 e. The molecule has 0 saturated carbocycles. The average molecular weight is 303 g/mol. The molecule has 2 nitrogen and oxygen atoms in total. The van der Waals surface area contributed by atoms with E-state index in [1.54, 1.807) is 4.90 Å². The third kappa shape index (κ3) is 3.29. The second-order valence-electron chi connectivity index (χ2n) is 3.37. The molecule has 0 bridgehead atoms. The number of rotatable bonds is 3. The first-order valence-electron chi connectivity index (χ1n) is 4.49. The Bertz CT molecular complexity index is 308. The molecule has 1 aromatic rings. The number of alkyl halides is 1. The lowest BCUT2D eigenvalue weighted by Crippen LogP contribution is -2.26. The normalized spacial score (nSPS) is 9.93. The van der Waals surface area contributed by atoms with Gasteiger partial charge in [-0.3, -0.25) is 4.79 Å². The van der Waals surface area contributed by atoms with Gasteiger partial charge in [0.05, 0.1) is 4.43 Å². The summed E-state index contributed by atoms with van der Waals surface area (Å²) in [5.74, 6) is 0.172. The Morgan fingerprint density at radius 1 is 1.36 bits per heavy atom. The van der Waals surface area contributed by atoms with E-state index < -0.39 is 0 Å². The average Bonchev–Trinajstić information content (AvgIpc) is 2.20. The van der Waals surface area contributed by atoms with E-state index >= 15 is 0 Å². The molecule has 14 heavy (non-hydrogen) atoms. The van der Waals surface area contributed by atoms with E-state index in [2.05, 4.69) is 53.8 Å². The molecular weight excluding hydrogens is 289 g/mol.